The van der Waals surface area contributed by atoms with Crippen LogP contribution >= 0.6 is 0 Å². The van der Waals surface area contributed by atoms with Crippen molar-refractivity contribution in [1.82, 2.24) is 14.4 Å². The molecule has 0 atom stereocenters. The smallest absolute Gasteiger partial charge is 0.409 e. The van der Waals surface area contributed by atoms with E-state index in [1.807, 2.05) is 11.5 Å². The highest BCUT2D eigenvalue weighted by Gasteiger charge is 2.29. The van der Waals surface area contributed by atoms with Crippen LogP contribution in [0.15, 0.2) is 48.6 Å². The molecular formula is C30H31N3O8. The van der Waals surface area contributed by atoms with Gasteiger partial charge in [0, 0.05) is 62.7 Å². The van der Waals surface area contributed by atoms with Crippen molar-refractivity contribution in [3.05, 3.63) is 65.4 Å². The molecule has 214 valence electrons. The van der Waals surface area contributed by atoms with Gasteiger partial charge in [-0.25, -0.2) is 14.4 Å². The van der Waals surface area contributed by atoms with Gasteiger partial charge in [-0.3, -0.25) is 9.69 Å². The number of benzene rings is 2. The number of hydrogen-bond donors (Lipinski definition) is 0. The Morgan fingerprint density at radius 3 is 2.24 bits per heavy atom. The first-order valence-corrected chi connectivity index (χ1v) is 13.4. The molecule has 0 bridgehead atoms. The second kappa shape index (κ2) is 11.8. The van der Waals surface area contributed by atoms with Crippen LogP contribution in [0.3, 0.4) is 0 Å². The van der Waals surface area contributed by atoms with E-state index in [0.717, 1.165) is 12.2 Å². The monoisotopic (exact) mass is 561 g/mol. The van der Waals surface area contributed by atoms with Gasteiger partial charge in [-0.05, 0) is 50.2 Å². The average molecular weight is 562 g/mol. The first kappa shape index (κ1) is 27.9. The van der Waals surface area contributed by atoms with Gasteiger partial charge in [0.2, 0.25) is 0 Å². The fraction of sp³-hybridized carbons (Fsp3) is 0.333. The summed E-state index contributed by atoms with van der Waals surface area (Å²) in [6.07, 6.45) is 1.69. The molecule has 41 heavy (non-hydrogen) atoms. The molecule has 0 spiro atoms. The van der Waals surface area contributed by atoms with E-state index in [0.29, 0.717) is 79.3 Å². The van der Waals surface area contributed by atoms with Crippen molar-refractivity contribution in [2.75, 3.05) is 46.4 Å². The Balaban J connectivity index is 1.52. The lowest BCUT2D eigenvalue weighted by Crippen LogP contribution is -2.49. The number of aromatic nitrogens is 1. The van der Waals surface area contributed by atoms with Crippen LogP contribution in [-0.4, -0.2) is 84.6 Å². The van der Waals surface area contributed by atoms with Crippen LogP contribution in [0.2, 0.25) is 0 Å². The van der Waals surface area contributed by atoms with E-state index in [4.69, 9.17) is 18.9 Å². The Hall–Kier alpha value is -4.64. The highest BCUT2D eigenvalue weighted by molar-refractivity contribution is 6.19. The van der Waals surface area contributed by atoms with Gasteiger partial charge in [-0.1, -0.05) is 0 Å². The van der Waals surface area contributed by atoms with Gasteiger partial charge < -0.3 is 28.4 Å². The lowest BCUT2D eigenvalue weighted by Gasteiger charge is -2.34. The summed E-state index contributed by atoms with van der Waals surface area (Å²) in [4.78, 5) is 54.7. The molecule has 11 heteroatoms. The van der Waals surface area contributed by atoms with Gasteiger partial charge in [0.1, 0.15) is 5.75 Å². The average Bonchev–Trinajstić information content (AvgIpc) is 3.26. The SMILES string of the molecule is CCOC(=O)N1CCN(CCn2c(C)c(C(=O)c3ccc(OC)cc3)c3c4c(ccc32)OC(=O)/C=C\C(=O)O4)CC1. The van der Waals surface area contributed by atoms with Crippen LogP contribution in [0.1, 0.15) is 28.5 Å². The van der Waals surface area contributed by atoms with Crippen LogP contribution in [-0.2, 0) is 20.9 Å². The van der Waals surface area contributed by atoms with E-state index < -0.39 is 11.9 Å². The summed E-state index contributed by atoms with van der Waals surface area (Å²) >= 11 is 0. The summed E-state index contributed by atoms with van der Waals surface area (Å²) in [6, 6.07) is 10.1. The molecule has 1 aromatic heterocycles. The quantitative estimate of drug-likeness (QED) is 0.243. The number of piperazine rings is 1. The molecule has 0 N–H and O–H groups in total. The summed E-state index contributed by atoms with van der Waals surface area (Å²) in [6.45, 7) is 7.66. The number of methoxy groups -OCH3 is 1. The van der Waals surface area contributed by atoms with E-state index >= 15 is 0 Å². The Kier molecular flexibility index (Phi) is 8.06. The normalized spacial score (nSPS) is 16.3. The number of hydrogen-bond acceptors (Lipinski definition) is 9. The molecule has 2 aromatic carbocycles. The maximum atomic E-state index is 14.0. The maximum absolute atomic E-state index is 14.0. The van der Waals surface area contributed by atoms with E-state index in [1.54, 1.807) is 55.3 Å². The molecule has 0 unspecified atom stereocenters. The molecule has 3 aromatic rings. The molecule has 11 nitrogen and oxygen atoms in total. The zero-order valence-electron chi connectivity index (χ0n) is 23.2. The summed E-state index contributed by atoms with van der Waals surface area (Å²) in [5, 5.41) is 0.393. The van der Waals surface area contributed by atoms with Crippen LogP contribution in [0, 0.1) is 6.92 Å². The number of amides is 1. The zero-order valence-corrected chi connectivity index (χ0v) is 23.2. The van der Waals surface area contributed by atoms with E-state index in [2.05, 4.69) is 4.90 Å². The number of esters is 2. The zero-order chi connectivity index (χ0) is 29.1. The topological polar surface area (TPSA) is 117 Å². The first-order valence-electron chi connectivity index (χ1n) is 13.4. The summed E-state index contributed by atoms with van der Waals surface area (Å²) in [5.74, 6) is -1.05. The van der Waals surface area contributed by atoms with Crippen LogP contribution in [0.4, 0.5) is 4.79 Å². The number of rotatable bonds is 7. The number of nitrogens with zero attached hydrogens (tertiary/aromatic N) is 3. The summed E-state index contributed by atoms with van der Waals surface area (Å²) in [7, 11) is 1.55. The Labute approximate surface area is 236 Å². The lowest BCUT2D eigenvalue weighted by molar-refractivity contribution is -0.133. The Bertz CT molecular complexity index is 1530. The third-order valence-electron chi connectivity index (χ3n) is 7.29. The first-order chi connectivity index (χ1) is 19.8. The minimum atomic E-state index is -0.747. The Morgan fingerprint density at radius 2 is 1.59 bits per heavy atom. The van der Waals surface area contributed by atoms with Crippen molar-refractivity contribution >= 4 is 34.7 Å². The molecule has 2 aliphatic rings. The van der Waals surface area contributed by atoms with Crippen molar-refractivity contribution in [3.63, 3.8) is 0 Å². The highest BCUT2D eigenvalue weighted by Crippen LogP contribution is 2.42. The van der Waals surface area contributed by atoms with Crippen LogP contribution in [0.5, 0.6) is 17.2 Å². The predicted molar refractivity (Wildman–Crippen MR) is 149 cm³/mol. The molecule has 0 saturated carbocycles. The number of fused-ring (bicyclic) bond motifs is 3. The molecule has 0 radical (unpaired) electrons. The predicted octanol–water partition coefficient (Wildman–Crippen LogP) is 3.34. The van der Waals surface area contributed by atoms with E-state index in [9.17, 15) is 19.2 Å². The molecular weight excluding hydrogens is 530 g/mol. The number of carbonyl (C=O) groups excluding carboxylic acids is 4. The van der Waals surface area contributed by atoms with Gasteiger partial charge in [-0.15, -0.1) is 0 Å². The van der Waals surface area contributed by atoms with Gasteiger partial charge in [-0.2, -0.15) is 0 Å². The van der Waals surface area contributed by atoms with Gasteiger partial charge >= 0.3 is 18.0 Å². The summed E-state index contributed by atoms with van der Waals surface area (Å²) < 4.78 is 23.4. The second-order valence-corrected chi connectivity index (χ2v) is 9.66. The maximum Gasteiger partial charge on any atom is 0.409 e. The molecule has 3 heterocycles. The lowest BCUT2D eigenvalue weighted by atomic mass is 9.99. The van der Waals surface area contributed by atoms with E-state index in [-0.39, 0.29) is 23.4 Å². The molecule has 5 rings (SSSR count). The summed E-state index contributed by atoms with van der Waals surface area (Å²) in [5.41, 5.74) is 2.12. The number of ketones is 1. The highest BCUT2D eigenvalue weighted by atomic mass is 16.6. The van der Waals surface area contributed by atoms with Gasteiger partial charge in [0.05, 0.1) is 30.2 Å². The Morgan fingerprint density at radius 1 is 0.902 bits per heavy atom. The minimum Gasteiger partial charge on any atom is -0.497 e. The third kappa shape index (κ3) is 5.66. The van der Waals surface area contributed by atoms with Gasteiger partial charge in [0.15, 0.2) is 17.3 Å². The molecule has 1 amide bonds. The van der Waals surface area contributed by atoms with Crippen molar-refractivity contribution in [1.29, 1.82) is 0 Å². The number of carbonyl (C=O) groups is 4. The van der Waals surface area contributed by atoms with Crippen LogP contribution in [0.25, 0.3) is 10.9 Å². The number of ether oxygens (including phenoxy) is 4. The molecule has 1 saturated heterocycles. The fourth-order valence-electron chi connectivity index (χ4n) is 5.17. The van der Waals surface area contributed by atoms with E-state index in [1.165, 1.54) is 0 Å². The van der Waals surface area contributed by atoms with Crippen molar-refractivity contribution in [2.45, 2.75) is 20.4 Å². The van der Waals surface area contributed by atoms with Crippen molar-refractivity contribution in [2.24, 2.45) is 0 Å². The molecule has 1 fully saturated rings. The minimum absolute atomic E-state index is 0.0203. The molecule has 2 aliphatic heterocycles. The third-order valence-corrected chi connectivity index (χ3v) is 7.29. The van der Waals surface area contributed by atoms with Gasteiger partial charge in [0.25, 0.3) is 0 Å². The van der Waals surface area contributed by atoms with Crippen molar-refractivity contribution < 1.29 is 38.1 Å². The second-order valence-electron chi connectivity index (χ2n) is 9.66. The largest absolute Gasteiger partial charge is 0.497 e. The van der Waals surface area contributed by atoms with Crippen molar-refractivity contribution in [3.8, 4) is 17.2 Å². The molecule has 0 aliphatic carbocycles. The fourth-order valence-corrected chi connectivity index (χ4v) is 5.17. The standard InChI is InChI=1S/C30H31N3O8/c1-4-39-30(37)32-16-13-31(14-17-32)15-18-33-19(2)26(28(36)20-5-7-21(38-3)8-6-20)27-22(33)9-10-23-29(27)41-25(35)12-11-24(34)40-23/h5-12H,4,13-18H2,1-3H3/b12-11-. The van der Waals surface area contributed by atoms with Crippen LogP contribution < -0.4 is 14.2 Å².